The summed E-state index contributed by atoms with van der Waals surface area (Å²) in [5.74, 6) is 2.31. The maximum absolute atomic E-state index is 12.7. The number of amides is 1. The van der Waals surface area contributed by atoms with Crippen molar-refractivity contribution in [1.29, 1.82) is 0 Å². The normalized spacial score (nSPS) is 15.3. The van der Waals surface area contributed by atoms with Gasteiger partial charge >= 0.3 is 0 Å². The molecule has 1 aromatic heterocycles. The van der Waals surface area contributed by atoms with E-state index in [0.29, 0.717) is 54.3 Å². The first-order valence-corrected chi connectivity index (χ1v) is 12.0. The minimum Gasteiger partial charge on any atom is -0.486 e. The van der Waals surface area contributed by atoms with Gasteiger partial charge in [0.2, 0.25) is 5.88 Å². The molecule has 5 rings (SSSR count). The number of carbonyl (C=O) groups excluding carboxylic acids is 1. The standard InChI is InChI=1S/C27H30N4O4/c1-33-27-23(9-8-22(31-27)21-6-3-7-24-25(21)35-15-14-34-24)30-20-5-2-4-19(16-20)26(32)29-17-18-10-12-28-13-11-18/h2-9,16,18,28,30H,10-15,17H2,1H3,(H,29,32). The molecule has 182 valence electrons. The predicted molar refractivity (Wildman–Crippen MR) is 135 cm³/mol. The first kappa shape index (κ1) is 23.0. The van der Waals surface area contributed by atoms with E-state index in [1.807, 2.05) is 54.6 Å². The van der Waals surface area contributed by atoms with Crippen LogP contribution in [0.15, 0.2) is 54.6 Å². The van der Waals surface area contributed by atoms with Crippen molar-refractivity contribution in [3.63, 3.8) is 0 Å². The second-order valence-electron chi connectivity index (χ2n) is 8.69. The van der Waals surface area contributed by atoms with Crippen LogP contribution < -0.4 is 30.2 Å². The quantitative estimate of drug-likeness (QED) is 0.477. The number of piperidine rings is 1. The molecule has 2 aliphatic rings. The van der Waals surface area contributed by atoms with Crippen LogP contribution in [-0.2, 0) is 0 Å². The van der Waals surface area contributed by atoms with E-state index in [-0.39, 0.29) is 5.91 Å². The van der Waals surface area contributed by atoms with Crippen LogP contribution in [0.25, 0.3) is 11.3 Å². The lowest BCUT2D eigenvalue weighted by atomic mass is 9.98. The van der Waals surface area contributed by atoms with Gasteiger partial charge in [-0.1, -0.05) is 12.1 Å². The molecule has 3 N–H and O–H groups in total. The van der Waals surface area contributed by atoms with Crippen LogP contribution in [0.1, 0.15) is 23.2 Å². The molecule has 2 aromatic carbocycles. The summed E-state index contributed by atoms with van der Waals surface area (Å²) in [4.78, 5) is 17.4. The molecular formula is C27H30N4O4. The number of hydrogen-bond acceptors (Lipinski definition) is 7. The zero-order valence-corrected chi connectivity index (χ0v) is 19.8. The number of carbonyl (C=O) groups is 1. The molecule has 0 saturated carbocycles. The van der Waals surface area contributed by atoms with Gasteiger partial charge in [0, 0.05) is 23.4 Å². The van der Waals surface area contributed by atoms with E-state index in [1.54, 1.807) is 7.11 Å². The highest BCUT2D eigenvalue weighted by molar-refractivity contribution is 5.95. The average molecular weight is 475 g/mol. The Hall–Kier alpha value is -3.78. The lowest BCUT2D eigenvalue weighted by Crippen LogP contribution is -2.35. The molecule has 3 aromatic rings. The van der Waals surface area contributed by atoms with Crippen LogP contribution in [0.5, 0.6) is 17.4 Å². The molecule has 0 unspecified atom stereocenters. The van der Waals surface area contributed by atoms with E-state index < -0.39 is 0 Å². The number of pyridine rings is 1. The van der Waals surface area contributed by atoms with Gasteiger partial charge in [-0.3, -0.25) is 4.79 Å². The first-order chi connectivity index (χ1) is 17.2. The van der Waals surface area contributed by atoms with Crippen molar-refractivity contribution in [3.8, 4) is 28.6 Å². The molecule has 0 spiro atoms. The van der Waals surface area contributed by atoms with Crippen molar-refractivity contribution in [2.45, 2.75) is 12.8 Å². The number of fused-ring (bicyclic) bond motifs is 1. The number of nitrogens with one attached hydrogen (secondary N) is 3. The van der Waals surface area contributed by atoms with E-state index in [9.17, 15) is 4.79 Å². The van der Waals surface area contributed by atoms with Gasteiger partial charge in [0.15, 0.2) is 11.5 Å². The van der Waals surface area contributed by atoms with Crippen molar-refractivity contribution in [2.24, 2.45) is 5.92 Å². The van der Waals surface area contributed by atoms with Gasteiger partial charge < -0.3 is 30.2 Å². The smallest absolute Gasteiger partial charge is 0.251 e. The maximum atomic E-state index is 12.7. The summed E-state index contributed by atoms with van der Waals surface area (Å²) in [6.07, 6.45) is 2.19. The van der Waals surface area contributed by atoms with Crippen LogP contribution >= 0.6 is 0 Å². The van der Waals surface area contributed by atoms with Gasteiger partial charge in [0.1, 0.15) is 18.9 Å². The molecule has 0 bridgehead atoms. The molecule has 0 atom stereocenters. The van der Waals surface area contributed by atoms with Gasteiger partial charge in [-0.2, -0.15) is 0 Å². The van der Waals surface area contributed by atoms with Crippen molar-refractivity contribution >= 4 is 17.3 Å². The third-order valence-electron chi connectivity index (χ3n) is 6.31. The number of benzene rings is 2. The molecule has 8 heteroatoms. The third kappa shape index (κ3) is 5.33. The summed E-state index contributed by atoms with van der Waals surface area (Å²) in [5, 5.41) is 9.76. The Kier molecular flexibility index (Phi) is 6.99. The molecular weight excluding hydrogens is 444 g/mol. The summed E-state index contributed by atoms with van der Waals surface area (Å²) in [6.45, 7) is 3.77. The summed E-state index contributed by atoms with van der Waals surface area (Å²) < 4.78 is 17.1. The van der Waals surface area contributed by atoms with E-state index >= 15 is 0 Å². The fourth-order valence-corrected chi connectivity index (χ4v) is 4.44. The topological polar surface area (TPSA) is 93.7 Å². The molecule has 0 aliphatic carbocycles. The molecule has 35 heavy (non-hydrogen) atoms. The maximum Gasteiger partial charge on any atom is 0.251 e. The van der Waals surface area contributed by atoms with Crippen molar-refractivity contribution in [3.05, 3.63) is 60.2 Å². The zero-order chi connectivity index (χ0) is 24.0. The van der Waals surface area contributed by atoms with Crippen LogP contribution in [0, 0.1) is 5.92 Å². The number of rotatable bonds is 7. The Morgan fingerprint density at radius 3 is 2.77 bits per heavy atom. The summed E-state index contributed by atoms with van der Waals surface area (Å²) in [5.41, 5.74) is 3.66. The van der Waals surface area contributed by atoms with Crippen molar-refractivity contribution in [2.75, 3.05) is 45.3 Å². The number of aromatic nitrogens is 1. The minimum absolute atomic E-state index is 0.0660. The Balaban J connectivity index is 1.31. The summed E-state index contributed by atoms with van der Waals surface area (Å²) >= 11 is 0. The largest absolute Gasteiger partial charge is 0.486 e. The molecule has 1 saturated heterocycles. The Labute approximate surface area is 205 Å². The third-order valence-corrected chi connectivity index (χ3v) is 6.31. The number of para-hydroxylation sites is 1. The lowest BCUT2D eigenvalue weighted by Gasteiger charge is -2.22. The van der Waals surface area contributed by atoms with Crippen molar-refractivity contribution in [1.82, 2.24) is 15.6 Å². The Morgan fingerprint density at radius 1 is 1.09 bits per heavy atom. The van der Waals surface area contributed by atoms with Gasteiger partial charge in [-0.05, 0) is 74.3 Å². The highest BCUT2D eigenvalue weighted by Crippen LogP contribution is 2.40. The highest BCUT2D eigenvalue weighted by atomic mass is 16.6. The SMILES string of the molecule is COc1nc(-c2cccc3c2OCCO3)ccc1Nc1cccc(C(=O)NCC2CCNCC2)c1. The Bertz CT molecular complexity index is 1190. The van der Waals surface area contributed by atoms with Gasteiger partial charge in [0.05, 0.1) is 12.8 Å². The molecule has 8 nitrogen and oxygen atoms in total. The second-order valence-corrected chi connectivity index (χ2v) is 8.69. The summed E-state index contributed by atoms with van der Waals surface area (Å²) in [6, 6.07) is 17.0. The van der Waals surface area contributed by atoms with Crippen LogP contribution in [0.2, 0.25) is 0 Å². The van der Waals surface area contributed by atoms with Crippen LogP contribution in [-0.4, -0.2) is 50.8 Å². The molecule has 3 heterocycles. The van der Waals surface area contributed by atoms with E-state index in [0.717, 1.165) is 42.9 Å². The average Bonchev–Trinajstić information content (AvgIpc) is 2.92. The first-order valence-electron chi connectivity index (χ1n) is 12.0. The zero-order valence-electron chi connectivity index (χ0n) is 19.8. The number of anilines is 2. The van der Waals surface area contributed by atoms with E-state index in [2.05, 4.69) is 16.0 Å². The van der Waals surface area contributed by atoms with E-state index in [1.165, 1.54) is 0 Å². The fraction of sp³-hybridized carbons (Fsp3) is 0.333. The second kappa shape index (κ2) is 10.7. The molecule has 0 radical (unpaired) electrons. The van der Waals surface area contributed by atoms with Crippen LogP contribution in [0.3, 0.4) is 0 Å². The van der Waals surface area contributed by atoms with Crippen molar-refractivity contribution < 1.29 is 19.0 Å². The minimum atomic E-state index is -0.0660. The number of nitrogens with zero attached hydrogens (tertiary/aromatic N) is 1. The molecule has 1 fully saturated rings. The lowest BCUT2D eigenvalue weighted by molar-refractivity contribution is 0.0944. The highest BCUT2D eigenvalue weighted by Gasteiger charge is 2.19. The molecule has 1 amide bonds. The van der Waals surface area contributed by atoms with Gasteiger partial charge in [0.25, 0.3) is 5.91 Å². The van der Waals surface area contributed by atoms with Gasteiger partial charge in [-0.15, -0.1) is 0 Å². The Morgan fingerprint density at radius 2 is 1.91 bits per heavy atom. The monoisotopic (exact) mass is 474 g/mol. The van der Waals surface area contributed by atoms with Crippen LogP contribution in [0.4, 0.5) is 11.4 Å². The predicted octanol–water partition coefficient (Wildman–Crippen LogP) is 4.00. The fourth-order valence-electron chi connectivity index (χ4n) is 4.44. The van der Waals surface area contributed by atoms with Gasteiger partial charge in [-0.25, -0.2) is 4.98 Å². The van der Waals surface area contributed by atoms with E-state index in [4.69, 9.17) is 19.2 Å². The number of methoxy groups -OCH3 is 1. The number of ether oxygens (including phenoxy) is 3. The summed E-state index contributed by atoms with van der Waals surface area (Å²) in [7, 11) is 1.59. The number of hydrogen-bond donors (Lipinski definition) is 3. The molecule has 2 aliphatic heterocycles.